The first-order valence-electron chi connectivity index (χ1n) is 9.83. The standard InChI is InChI=1S/C22H20Cl2N6O/c23-15-3-1-14(2-4-15)17-9-18-20(10-19(17)24)27-13-28-22(18)30-8-7-29(6-5-21(26)31)16(11-25)12-30/h1-4,9-10,13,16H,5-8,12H2,(H2,26,31). The zero-order valence-electron chi connectivity index (χ0n) is 16.6. The number of nitriles is 1. The van der Waals surface area contributed by atoms with Crippen molar-refractivity contribution in [2.75, 3.05) is 31.1 Å². The molecule has 158 valence electrons. The molecule has 1 saturated heterocycles. The second kappa shape index (κ2) is 9.06. The summed E-state index contributed by atoms with van der Waals surface area (Å²) in [6.45, 7) is 2.25. The lowest BCUT2D eigenvalue weighted by molar-refractivity contribution is -0.118. The fourth-order valence-corrected chi connectivity index (χ4v) is 4.22. The summed E-state index contributed by atoms with van der Waals surface area (Å²) in [5.41, 5.74) is 7.80. The molecule has 2 N–H and O–H groups in total. The molecule has 0 bridgehead atoms. The zero-order chi connectivity index (χ0) is 22.0. The van der Waals surface area contributed by atoms with Crippen molar-refractivity contribution in [1.82, 2.24) is 14.9 Å². The highest BCUT2D eigenvalue weighted by Gasteiger charge is 2.28. The number of aromatic nitrogens is 2. The van der Waals surface area contributed by atoms with Crippen molar-refractivity contribution in [3.63, 3.8) is 0 Å². The lowest BCUT2D eigenvalue weighted by Gasteiger charge is -2.39. The average Bonchev–Trinajstić information content (AvgIpc) is 2.77. The van der Waals surface area contributed by atoms with Gasteiger partial charge < -0.3 is 10.6 Å². The van der Waals surface area contributed by atoms with Gasteiger partial charge >= 0.3 is 0 Å². The third-order valence-corrected chi connectivity index (χ3v) is 6.01. The van der Waals surface area contributed by atoms with Crippen molar-refractivity contribution >= 4 is 45.8 Å². The minimum Gasteiger partial charge on any atom is -0.370 e. The van der Waals surface area contributed by atoms with E-state index in [1.807, 2.05) is 41.3 Å². The van der Waals surface area contributed by atoms with E-state index in [1.165, 1.54) is 6.33 Å². The number of hydrogen-bond donors (Lipinski definition) is 1. The van der Waals surface area contributed by atoms with Crippen LogP contribution in [0.2, 0.25) is 10.0 Å². The number of amides is 1. The van der Waals surface area contributed by atoms with E-state index in [0.717, 1.165) is 27.8 Å². The number of hydrogen-bond acceptors (Lipinski definition) is 6. The first-order chi connectivity index (χ1) is 15.0. The van der Waals surface area contributed by atoms with Gasteiger partial charge in [-0.3, -0.25) is 9.69 Å². The number of piperazine rings is 1. The molecule has 9 heteroatoms. The molecule has 0 radical (unpaired) electrons. The normalized spacial score (nSPS) is 16.9. The number of primary amides is 1. The van der Waals surface area contributed by atoms with Gasteiger partial charge in [0.25, 0.3) is 0 Å². The topological polar surface area (TPSA) is 99.1 Å². The Morgan fingerprint density at radius 1 is 1.19 bits per heavy atom. The number of fused-ring (bicyclic) bond motifs is 1. The summed E-state index contributed by atoms with van der Waals surface area (Å²) in [6.07, 6.45) is 1.74. The molecule has 2 aromatic carbocycles. The fraction of sp³-hybridized carbons (Fsp3) is 0.273. The Balaban J connectivity index is 1.68. The van der Waals surface area contributed by atoms with E-state index < -0.39 is 0 Å². The SMILES string of the molecule is N#CC1CN(c2ncnc3cc(Cl)c(-c4ccc(Cl)cc4)cc23)CCN1CCC(N)=O. The molecule has 1 amide bonds. The maximum atomic E-state index is 11.1. The first-order valence-corrected chi connectivity index (χ1v) is 10.6. The van der Waals surface area contributed by atoms with Crippen LogP contribution in [0.25, 0.3) is 22.0 Å². The average molecular weight is 455 g/mol. The molecule has 0 saturated carbocycles. The molecule has 7 nitrogen and oxygen atoms in total. The lowest BCUT2D eigenvalue weighted by atomic mass is 10.0. The predicted octanol–water partition coefficient (Wildman–Crippen LogP) is 3.49. The van der Waals surface area contributed by atoms with Crippen LogP contribution in [0.3, 0.4) is 0 Å². The van der Waals surface area contributed by atoms with Gasteiger partial charge in [0.05, 0.1) is 16.6 Å². The number of nitrogens with zero attached hydrogens (tertiary/aromatic N) is 5. The van der Waals surface area contributed by atoms with Crippen LogP contribution in [0.1, 0.15) is 6.42 Å². The smallest absolute Gasteiger partial charge is 0.218 e. The van der Waals surface area contributed by atoms with E-state index >= 15 is 0 Å². The van der Waals surface area contributed by atoms with Gasteiger partial charge in [-0.25, -0.2) is 9.97 Å². The Morgan fingerprint density at radius 3 is 2.68 bits per heavy atom. The highest BCUT2D eigenvalue weighted by Crippen LogP contribution is 2.35. The second-order valence-electron chi connectivity index (χ2n) is 7.40. The third-order valence-electron chi connectivity index (χ3n) is 5.44. The van der Waals surface area contributed by atoms with Gasteiger partial charge in [0.15, 0.2) is 0 Å². The van der Waals surface area contributed by atoms with Crippen LogP contribution in [0.5, 0.6) is 0 Å². The Morgan fingerprint density at radius 2 is 1.97 bits per heavy atom. The molecular weight excluding hydrogens is 435 g/mol. The monoisotopic (exact) mass is 454 g/mol. The zero-order valence-corrected chi connectivity index (χ0v) is 18.1. The van der Waals surface area contributed by atoms with E-state index in [9.17, 15) is 10.1 Å². The lowest BCUT2D eigenvalue weighted by Crippen LogP contribution is -2.53. The van der Waals surface area contributed by atoms with E-state index in [0.29, 0.717) is 36.2 Å². The highest BCUT2D eigenvalue weighted by molar-refractivity contribution is 6.34. The number of rotatable bonds is 5. The molecule has 1 aliphatic rings. The maximum absolute atomic E-state index is 11.1. The molecule has 1 unspecified atom stereocenters. The van der Waals surface area contributed by atoms with Gasteiger partial charge in [0.2, 0.25) is 5.91 Å². The molecule has 3 aromatic rings. The number of nitrogens with two attached hydrogens (primary N) is 1. The summed E-state index contributed by atoms with van der Waals surface area (Å²) in [6, 6.07) is 13.3. The number of carbonyl (C=O) groups excluding carboxylic acids is 1. The van der Waals surface area contributed by atoms with Crippen LogP contribution in [0, 0.1) is 11.3 Å². The minimum atomic E-state index is -0.368. The second-order valence-corrected chi connectivity index (χ2v) is 8.24. The van der Waals surface area contributed by atoms with E-state index in [1.54, 1.807) is 0 Å². The maximum Gasteiger partial charge on any atom is 0.218 e. The molecule has 4 rings (SSSR count). The van der Waals surface area contributed by atoms with Crippen LogP contribution >= 0.6 is 23.2 Å². The Kier molecular flexibility index (Phi) is 6.23. The molecule has 1 fully saturated rings. The van der Waals surface area contributed by atoms with Crippen LogP contribution in [-0.2, 0) is 4.79 Å². The largest absolute Gasteiger partial charge is 0.370 e. The number of carbonyl (C=O) groups is 1. The molecule has 0 aliphatic carbocycles. The van der Waals surface area contributed by atoms with Crippen molar-refractivity contribution in [2.45, 2.75) is 12.5 Å². The molecule has 31 heavy (non-hydrogen) atoms. The van der Waals surface area contributed by atoms with Gasteiger partial charge in [0.1, 0.15) is 18.2 Å². The van der Waals surface area contributed by atoms with Gasteiger partial charge in [-0.1, -0.05) is 35.3 Å². The molecule has 1 aromatic heterocycles. The van der Waals surface area contributed by atoms with E-state index in [-0.39, 0.29) is 18.4 Å². The van der Waals surface area contributed by atoms with Crippen molar-refractivity contribution in [1.29, 1.82) is 5.26 Å². The Bertz CT molecular complexity index is 1160. The van der Waals surface area contributed by atoms with Crippen LogP contribution in [0.4, 0.5) is 5.82 Å². The third kappa shape index (κ3) is 4.57. The molecule has 1 atom stereocenters. The Labute approximate surface area is 190 Å². The molecule has 1 aliphatic heterocycles. The first kappa shape index (κ1) is 21.3. The molecule has 2 heterocycles. The van der Waals surface area contributed by atoms with Crippen molar-refractivity contribution in [3.8, 4) is 17.2 Å². The quantitative estimate of drug-likeness (QED) is 0.633. The predicted molar refractivity (Wildman–Crippen MR) is 122 cm³/mol. The van der Waals surface area contributed by atoms with Crippen molar-refractivity contribution in [3.05, 3.63) is 52.8 Å². The summed E-state index contributed by atoms with van der Waals surface area (Å²) >= 11 is 12.6. The minimum absolute atomic E-state index is 0.234. The van der Waals surface area contributed by atoms with Gasteiger partial charge in [-0.15, -0.1) is 0 Å². The highest BCUT2D eigenvalue weighted by atomic mass is 35.5. The van der Waals surface area contributed by atoms with Crippen LogP contribution < -0.4 is 10.6 Å². The summed E-state index contributed by atoms with van der Waals surface area (Å²) < 4.78 is 0. The van der Waals surface area contributed by atoms with Crippen molar-refractivity contribution < 1.29 is 4.79 Å². The summed E-state index contributed by atoms with van der Waals surface area (Å²) in [4.78, 5) is 24.1. The van der Waals surface area contributed by atoms with Gasteiger partial charge in [-0.05, 0) is 29.8 Å². The van der Waals surface area contributed by atoms with E-state index in [4.69, 9.17) is 28.9 Å². The van der Waals surface area contributed by atoms with Crippen LogP contribution in [0.15, 0.2) is 42.7 Å². The summed E-state index contributed by atoms with van der Waals surface area (Å²) in [5.74, 6) is 0.388. The molecular formula is C22H20Cl2N6O. The van der Waals surface area contributed by atoms with Crippen LogP contribution in [-0.4, -0.2) is 53.0 Å². The van der Waals surface area contributed by atoms with Gasteiger partial charge in [-0.2, -0.15) is 5.26 Å². The number of anilines is 1. The summed E-state index contributed by atoms with van der Waals surface area (Å²) in [7, 11) is 0. The van der Waals surface area contributed by atoms with Crippen molar-refractivity contribution in [2.24, 2.45) is 5.73 Å². The fourth-order valence-electron chi connectivity index (χ4n) is 3.82. The summed E-state index contributed by atoms with van der Waals surface area (Å²) in [5, 5.41) is 11.8. The molecule has 0 spiro atoms. The van der Waals surface area contributed by atoms with E-state index in [2.05, 4.69) is 20.9 Å². The number of halogens is 2. The Hall–Kier alpha value is -2.92. The number of benzene rings is 2. The van der Waals surface area contributed by atoms with Gasteiger partial charge in [0, 0.05) is 48.6 Å².